The zero-order valence-electron chi connectivity index (χ0n) is 12.1. The van der Waals surface area contributed by atoms with Gasteiger partial charge in [-0.2, -0.15) is 21.6 Å². The summed E-state index contributed by atoms with van der Waals surface area (Å²) >= 11 is 0. The first-order chi connectivity index (χ1) is 10.6. The van der Waals surface area contributed by atoms with Crippen molar-refractivity contribution >= 4 is 16.1 Å². The molecule has 0 saturated carbocycles. The summed E-state index contributed by atoms with van der Waals surface area (Å²) in [6, 6.07) is 3.82. The van der Waals surface area contributed by atoms with E-state index in [0.717, 1.165) is 24.5 Å². The number of fused-ring (bicyclic) bond motifs is 1. The van der Waals surface area contributed by atoms with Crippen molar-refractivity contribution in [3.8, 4) is 11.5 Å². The number of hydrogen-bond donors (Lipinski definition) is 1. The minimum atomic E-state index is -5.63. The average Bonchev–Trinajstić information content (AvgIpc) is 2.46. The Morgan fingerprint density at radius 1 is 1.39 bits per heavy atom. The van der Waals surface area contributed by atoms with Crippen molar-refractivity contribution in [2.75, 3.05) is 6.61 Å². The molecule has 1 aliphatic rings. The van der Waals surface area contributed by atoms with Crippen LogP contribution in [0.3, 0.4) is 0 Å². The molecule has 2 rings (SSSR count). The second kappa shape index (κ2) is 7.53. The maximum Gasteiger partial charge on any atom is 0.534 e. The summed E-state index contributed by atoms with van der Waals surface area (Å²) in [6.07, 6.45) is 1.77. The summed E-state index contributed by atoms with van der Waals surface area (Å²) in [5.74, 6) is -0.797. The third-order valence-electron chi connectivity index (χ3n) is 2.68. The van der Waals surface area contributed by atoms with Crippen molar-refractivity contribution in [1.29, 1.82) is 0 Å². The third-order valence-corrected chi connectivity index (χ3v) is 3.66. The summed E-state index contributed by atoms with van der Waals surface area (Å²) in [5, 5.41) is 7.72. The standard InChI is InChI=1S/C10H9F3O4S.C3H6O2/c11-10(12,13)18(14,15)17-8-4-3-7-2-1-5-16-9(7)6-8;1-2-3(4)5/h3-4,6H,1-2,5H2;2H2,1H3,(H,4,5). The summed E-state index contributed by atoms with van der Waals surface area (Å²) in [4.78, 5) is 9.37. The van der Waals surface area contributed by atoms with E-state index < -0.39 is 27.3 Å². The minimum absolute atomic E-state index is 0.222. The van der Waals surface area contributed by atoms with Crippen LogP contribution in [0.5, 0.6) is 11.5 Å². The fourth-order valence-corrected chi connectivity index (χ4v) is 2.00. The fourth-order valence-electron chi connectivity index (χ4n) is 1.55. The van der Waals surface area contributed by atoms with Gasteiger partial charge in [0.2, 0.25) is 0 Å². The molecule has 10 heteroatoms. The van der Waals surface area contributed by atoms with Gasteiger partial charge >= 0.3 is 21.6 Å². The lowest BCUT2D eigenvalue weighted by Crippen LogP contribution is -2.28. The first-order valence-corrected chi connectivity index (χ1v) is 7.96. The monoisotopic (exact) mass is 356 g/mol. The zero-order valence-corrected chi connectivity index (χ0v) is 12.9. The molecule has 1 N–H and O–H groups in total. The number of aliphatic carboxylic acids is 1. The maximum atomic E-state index is 12.1. The van der Waals surface area contributed by atoms with Crippen molar-refractivity contribution in [3.05, 3.63) is 23.8 Å². The highest BCUT2D eigenvalue weighted by molar-refractivity contribution is 7.88. The predicted octanol–water partition coefficient (Wildman–Crippen LogP) is 2.72. The molecule has 0 amide bonds. The van der Waals surface area contributed by atoms with Gasteiger partial charge in [0.1, 0.15) is 11.5 Å². The second-order valence-corrected chi connectivity index (χ2v) is 5.99. The van der Waals surface area contributed by atoms with Gasteiger partial charge in [0.15, 0.2) is 0 Å². The average molecular weight is 356 g/mol. The van der Waals surface area contributed by atoms with Crippen molar-refractivity contribution in [3.63, 3.8) is 0 Å². The molecule has 0 fully saturated rings. The topological polar surface area (TPSA) is 89.9 Å². The molecule has 0 radical (unpaired) electrons. The van der Waals surface area contributed by atoms with Gasteiger partial charge in [-0.25, -0.2) is 0 Å². The maximum absolute atomic E-state index is 12.1. The Bertz CT molecular complexity index is 654. The molecule has 0 spiro atoms. The number of halogens is 3. The highest BCUT2D eigenvalue weighted by atomic mass is 32.2. The number of carboxylic acid groups (broad SMARTS) is 1. The summed E-state index contributed by atoms with van der Waals surface area (Å²) in [5.41, 5.74) is -4.62. The van der Waals surface area contributed by atoms with Crippen LogP contribution in [-0.4, -0.2) is 31.6 Å². The van der Waals surface area contributed by atoms with Crippen LogP contribution in [0.2, 0.25) is 0 Å². The lowest BCUT2D eigenvalue weighted by atomic mass is 10.1. The number of benzene rings is 1. The van der Waals surface area contributed by atoms with Gasteiger partial charge in [-0.3, -0.25) is 4.79 Å². The number of hydrogen-bond acceptors (Lipinski definition) is 5. The van der Waals surface area contributed by atoms with Crippen LogP contribution in [0.4, 0.5) is 13.2 Å². The quantitative estimate of drug-likeness (QED) is 0.662. The van der Waals surface area contributed by atoms with E-state index in [1.54, 1.807) is 6.92 Å². The summed E-state index contributed by atoms with van der Waals surface area (Å²) in [7, 11) is -5.63. The van der Waals surface area contributed by atoms with Gasteiger partial charge in [-0.15, -0.1) is 0 Å². The van der Waals surface area contributed by atoms with E-state index in [2.05, 4.69) is 4.18 Å². The lowest BCUT2D eigenvalue weighted by Gasteiger charge is -2.18. The molecule has 0 bridgehead atoms. The molecular weight excluding hydrogens is 341 g/mol. The number of alkyl halides is 3. The number of aryl methyl sites for hydroxylation is 1. The van der Waals surface area contributed by atoms with E-state index in [1.165, 1.54) is 12.1 Å². The van der Waals surface area contributed by atoms with Gasteiger partial charge < -0.3 is 14.0 Å². The molecule has 1 aliphatic heterocycles. The van der Waals surface area contributed by atoms with Gasteiger partial charge in [-0.05, 0) is 24.5 Å². The molecular formula is C13H15F3O6S. The Hall–Kier alpha value is -1.97. The highest BCUT2D eigenvalue weighted by Gasteiger charge is 2.48. The fraction of sp³-hybridized carbons (Fsp3) is 0.462. The van der Waals surface area contributed by atoms with E-state index in [-0.39, 0.29) is 6.42 Å². The minimum Gasteiger partial charge on any atom is -0.493 e. The van der Waals surface area contributed by atoms with E-state index >= 15 is 0 Å². The Balaban J connectivity index is 0.000000463. The Morgan fingerprint density at radius 2 is 2.00 bits per heavy atom. The van der Waals surface area contributed by atoms with Crippen LogP contribution in [-0.2, 0) is 21.3 Å². The van der Waals surface area contributed by atoms with Crippen LogP contribution in [0.25, 0.3) is 0 Å². The van der Waals surface area contributed by atoms with Gasteiger partial charge in [0.25, 0.3) is 0 Å². The summed E-state index contributed by atoms with van der Waals surface area (Å²) < 4.78 is 67.2. The molecule has 0 atom stereocenters. The van der Waals surface area contributed by atoms with E-state index in [9.17, 15) is 26.4 Å². The Labute approximate surface area is 130 Å². The molecule has 0 unspecified atom stereocenters. The van der Waals surface area contributed by atoms with Crippen LogP contribution < -0.4 is 8.92 Å². The third kappa shape index (κ3) is 5.62. The SMILES string of the molecule is CCC(=O)O.O=S(=O)(Oc1ccc2c(c1)OCCC2)C(F)(F)F. The molecule has 0 saturated heterocycles. The first-order valence-electron chi connectivity index (χ1n) is 6.55. The van der Waals surface area contributed by atoms with Gasteiger partial charge in [0, 0.05) is 12.5 Å². The summed E-state index contributed by atoms with van der Waals surface area (Å²) in [6.45, 7) is 2.05. The van der Waals surface area contributed by atoms with Gasteiger partial charge in [0.05, 0.1) is 6.61 Å². The highest BCUT2D eigenvalue weighted by Crippen LogP contribution is 2.32. The molecule has 130 valence electrons. The molecule has 0 aromatic heterocycles. The number of ether oxygens (including phenoxy) is 1. The van der Waals surface area contributed by atoms with E-state index in [4.69, 9.17) is 9.84 Å². The number of rotatable bonds is 3. The first kappa shape index (κ1) is 19.1. The number of carboxylic acids is 1. The zero-order chi connectivity index (χ0) is 17.7. The van der Waals surface area contributed by atoms with Crippen LogP contribution in [0, 0.1) is 0 Å². The molecule has 1 aromatic carbocycles. The van der Waals surface area contributed by atoms with Crippen molar-refractivity contribution in [2.24, 2.45) is 0 Å². The van der Waals surface area contributed by atoms with E-state index in [0.29, 0.717) is 12.4 Å². The predicted molar refractivity (Wildman–Crippen MR) is 73.8 cm³/mol. The van der Waals surface area contributed by atoms with Crippen LogP contribution in [0.1, 0.15) is 25.3 Å². The van der Waals surface area contributed by atoms with Gasteiger partial charge in [-0.1, -0.05) is 13.0 Å². The number of carbonyl (C=O) groups is 1. The normalized spacial score (nSPS) is 13.9. The van der Waals surface area contributed by atoms with Crippen LogP contribution in [0.15, 0.2) is 18.2 Å². The molecule has 23 heavy (non-hydrogen) atoms. The van der Waals surface area contributed by atoms with Crippen molar-refractivity contribution in [1.82, 2.24) is 0 Å². The largest absolute Gasteiger partial charge is 0.534 e. The Kier molecular flexibility index (Phi) is 6.25. The van der Waals surface area contributed by atoms with Crippen LogP contribution >= 0.6 is 0 Å². The lowest BCUT2D eigenvalue weighted by molar-refractivity contribution is -0.136. The van der Waals surface area contributed by atoms with E-state index in [1.807, 2.05) is 0 Å². The molecule has 6 nitrogen and oxygen atoms in total. The van der Waals surface area contributed by atoms with Crippen molar-refractivity contribution < 1.29 is 40.4 Å². The molecule has 1 aromatic rings. The second-order valence-electron chi connectivity index (χ2n) is 4.45. The molecule has 0 aliphatic carbocycles. The smallest absolute Gasteiger partial charge is 0.493 e. The van der Waals surface area contributed by atoms with Crippen molar-refractivity contribution in [2.45, 2.75) is 31.7 Å². The molecule has 1 heterocycles. The Morgan fingerprint density at radius 3 is 2.52 bits per heavy atom.